The summed E-state index contributed by atoms with van der Waals surface area (Å²) in [6, 6.07) is -0.0754. The molecule has 5 nitrogen and oxygen atoms in total. The SMILES string of the molecule is CCCC1(C(C)(C)C)C(N[S@+]([O-])C(C)(C)C)CN1C(=O)O. The molecule has 1 aliphatic rings. The smallest absolute Gasteiger partial charge is 0.407 e. The lowest BCUT2D eigenvalue weighted by molar-refractivity contribution is -0.101. The summed E-state index contributed by atoms with van der Waals surface area (Å²) in [4.78, 5) is 13.1. The summed E-state index contributed by atoms with van der Waals surface area (Å²) in [6.07, 6.45) is 0.765. The maximum absolute atomic E-state index is 12.4. The number of hydrogen-bond donors (Lipinski definition) is 2. The van der Waals surface area contributed by atoms with Gasteiger partial charge in [-0.25, -0.2) is 4.79 Å². The van der Waals surface area contributed by atoms with Gasteiger partial charge >= 0.3 is 6.09 Å². The van der Waals surface area contributed by atoms with Crippen molar-refractivity contribution in [2.24, 2.45) is 5.41 Å². The Balaban J connectivity index is 3.07. The van der Waals surface area contributed by atoms with Crippen LogP contribution in [0.4, 0.5) is 4.79 Å². The zero-order valence-electron chi connectivity index (χ0n) is 14.3. The van der Waals surface area contributed by atoms with E-state index in [9.17, 15) is 14.5 Å². The fourth-order valence-corrected chi connectivity index (χ4v) is 4.14. The van der Waals surface area contributed by atoms with Gasteiger partial charge in [-0.2, -0.15) is 0 Å². The lowest BCUT2D eigenvalue weighted by atomic mass is 9.61. The van der Waals surface area contributed by atoms with Crippen LogP contribution in [0.15, 0.2) is 0 Å². The summed E-state index contributed by atoms with van der Waals surface area (Å²) in [5, 5.41) is 9.49. The third-order valence-corrected chi connectivity index (χ3v) is 6.00. The first kappa shape index (κ1) is 18.6. The van der Waals surface area contributed by atoms with Gasteiger partial charge in [0.05, 0.1) is 11.6 Å². The molecule has 1 heterocycles. The van der Waals surface area contributed by atoms with Gasteiger partial charge in [-0.05, 0) is 32.6 Å². The van der Waals surface area contributed by atoms with E-state index >= 15 is 0 Å². The van der Waals surface area contributed by atoms with Gasteiger partial charge in [0.1, 0.15) is 4.75 Å². The molecule has 1 aliphatic heterocycles. The Morgan fingerprint density at radius 2 is 1.90 bits per heavy atom. The van der Waals surface area contributed by atoms with E-state index in [4.69, 9.17) is 0 Å². The number of hydrogen-bond acceptors (Lipinski definition) is 3. The number of amides is 1. The molecule has 0 aromatic heterocycles. The molecule has 0 aliphatic carbocycles. The molecule has 0 radical (unpaired) electrons. The minimum Gasteiger partial charge on any atom is -0.598 e. The maximum atomic E-state index is 12.4. The van der Waals surface area contributed by atoms with E-state index in [0.29, 0.717) is 6.54 Å². The quantitative estimate of drug-likeness (QED) is 0.781. The molecule has 1 fully saturated rings. The molecule has 0 aromatic carbocycles. The number of carboxylic acid groups (broad SMARTS) is 1. The second-order valence-corrected chi connectivity index (χ2v) is 9.87. The Morgan fingerprint density at radius 3 is 2.24 bits per heavy atom. The predicted molar refractivity (Wildman–Crippen MR) is 86.6 cm³/mol. The first-order valence-corrected chi connectivity index (χ1v) is 8.71. The van der Waals surface area contributed by atoms with Crippen molar-refractivity contribution in [3.8, 4) is 0 Å². The molecule has 3 atom stereocenters. The van der Waals surface area contributed by atoms with Crippen molar-refractivity contribution < 1.29 is 14.5 Å². The molecular formula is C15H30N2O3S. The van der Waals surface area contributed by atoms with Gasteiger partial charge in [0, 0.05) is 17.9 Å². The van der Waals surface area contributed by atoms with Crippen LogP contribution < -0.4 is 4.72 Å². The second kappa shape index (κ2) is 5.97. The second-order valence-electron chi connectivity index (χ2n) is 7.87. The highest BCUT2D eigenvalue weighted by Crippen LogP contribution is 2.49. The first-order chi connectivity index (χ1) is 9.38. The Hall–Kier alpha value is -0.460. The van der Waals surface area contributed by atoms with E-state index in [1.165, 1.54) is 4.90 Å². The van der Waals surface area contributed by atoms with E-state index in [1.807, 2.05) is 20.8 Å². The molecule has 6 heteroatoms. The van der Waals surface area contributed by atoms with Gasteiger partial charge in [0.25, 0.3) is 0 Å². The maximum Gasteiger partial charge on any atom is 0.407 e. The molecule has 0 bridgehead atoms. The van der Waals surface area contributed by atoms with Crippen LogP contribution in [0.5, 0.6) is 0 Å². The highest BCUT2D eigenvalue weighted by molar-refractivity contribution is 7.90. The lowest BCUT2D eigenvalue weighted by Crippen LogP contribution is -2.81. The third-order valence-electron chi connectivity index (χ3n) is 4.39. The van der Waals surface area contributed by atoms with Crippen molar-refractivity contribution in [3.05, 3.63) is 0 Å². The largest absolute Gasteiger partial charge is 0.598 e. The van der Waals surface area contributed by atoms with E-state index in [0.717, 1.165) is 12.8 Å². The average molecular weight is 318 g/mol. The number of likely N-dealkylation sites (tertiary alicyclic amines) is 1. The number of nitrogens with one attached hydrogen (secondary N) is 1. The molecule has 1 rings (SSSR count). The average Bonchev–Trinajstić information content (AvgIpc) is 2.26. The van der Waals surface area contributed by atoms with Crippen LogP contribution >= 0.6 is 0 Å². The van der Waals surface area contributed by atoms with Crippen molar-refractivity contribution in [1.82, 2.24) is 9.62 Å². The summed E-state index contributed by atoms with van der Waals surface area (Å²) >= 11 is -1.20. The van der Waals surface area contributed by atoms with Gasteiger partial charge in [-0.1, -0.05) is 34.1 Å². The molecule has 2 unspecified atom stereocenters. The summed E-state index contributed by atoms with van der Waals surface area (Å²) in [5.74, 6) is 0. The summed E-state index contributed by atoms with van der Waals surface area (Å²) in [7, 11) is 0. The van der Waals surface area contributed by atoms with Crippen molar-refractivity contribution in [2.75, 3.05) is 6.54 Å². The van der Waals surface area contributed by atoms with Gasteiger partial charge in [0.2, 0.25) is 0 Å². The van der Waals surface area contributed by atoms with Crippen molar-refractivity contribution in [2.45, 2.75) is 77.6 Å². The van der Waals surface area contributed by atoms with Crippen LogP contribution in [0.1, 0.15) is 61.3 Å². The van der Waals surface area contributed by atoms with Gasteiger partial charge in [-0.3, -0.25) is 4.90 Å². The van der Waals surface area contributed by atoms with Crippen molar-refractivity contribution in [3.63, 3.8) is 0 Å². The van der Waals surface area contributed by atoms with E-state index in [2.05, 4.69) is 32.4 Å². The summed E-state index contributed by atoms with van der Waals surface area (Å²) in [5.41, 5.74) is -0.728. The van der Waals surface area contributed by atoms with Crippen LogP contribution in [0, 0.1) is 5.41 Å². The normalized spacial score (nSPS) is 28.2. The Labute approximate surface area is 131 Å². The molecule has 0 saturated carbocycles. The van der Waals surface area contributed by atoms with Crippen molar-refractivity contribution >= 4 is 17.5 Å². The van der Waals surface area contributed by atoms with Crippen LogP contribution in [0.25, 0.3) is 0 Å². The van der Waals surface area contributed by atoms with Crippen LogP contribution in [-0.2, 0) is 11.4 Å². The first-order valence-electron chi connectivity index (χ1n) is 7.56. The Kier molecular flexibility index (Phi) is 5.29. The fraction of sp³-hybridized carbons (Fsp3) is 0.933. The summed E-state index contributed by atoms with van der Waals surface area (Å²) < 4.78 is 15.2. The van der Waals surface area contributed by atoms with E-state index in [-0.39, 0.29) is 16.2 Å². The van der Waals surface area contributed by atoms with Gasteiger partial charge < -0.3 is 9.66 Å². The zero-order valence-corrected chi connectivity index (χ0v) is 15.1. The topological polar surface area (TPSA) is 75.6 Å². The molecule has 21 heavy (non-hydrogen) atoms. The Bertz CT molecular complexity index is 389. The molecule has 1 amide bonds. The van der Waals surface area contributed by atoms with Crippen LogP contribution in [0.2, 0.25) is 0 Å². The standard InChI is InChI=1S/C15H30N2O3S/c1-8-9-15(13(2,3)4)11(10-17(15)12(18)19)16-21(20)14(5,6)7/h11,16H,8-10H2,1-7H3,(H,18,19)/t11?,15?,21-/m1/s1. The Morgan fingerprint density at radius 1 is 1.38 bits per heavy atom. The highest BCUT2D eigenvalue weighted by atomic mass is 32.2. The minimum atomic E-state index is -1.20. The summed E-state index contributed by atoms with van der Waals surface area (Å²) in [6.45, 7) is 14.4. The molecule has 1 saturated heterocycles. The number of nitrogens with zero attached hydrogens (tertiary/aromatic N) is 1. The molecule has 124 valence electrons. The monoisotopic (exact) mass is 318 g/mol. The molecule has 0 spiro atoms. The lowest BCUT2D eigenvalue weighted by Gasteiger charge is -2.63. The third kappa shape index (κ3) is 3.32. The van der Waals surface area contributed by atoms with Crippen LogP contribution in [-0.4, -0.2) is 43.5 Å². The van der Waals surface area contributed by atoms with Crippen LogP contribution in [0.3, 0.4) is 0 Å². The molecule has 2 N–H and O–H groups in total. The van der Waals surface area contributed by atoms with Crippen molar-refractivity contribution in [1.29, 1.82) is 0 Å². The molecular weight excluding hydrogens is 288 g/mol. The van der Waals surface area contributed by atoms with Gasteiger partial charge in [-0.15, -0.1) is 4.72 Å². The highest BCUT2D eigenvalue weighted by Gasteiger charge is 2.63. The predicted octanol–water partition coefficient (Wildman–Crippen LogP) is 2.99. The van der Waals surface area contributed by atoms with E-state index in [1.54, 1.807) is 0 Å². The number of carbonyl (C=O) groups is 1. The van der Waals surface area contributed by atoms with Gasteiger partial charge in [0.15, 0.2) is 0 Å². The number of rotatable bonds is 4. The zero-order chi connectivity index (χ0) is 16.6. The molecule has 0 aromatic rings. The van der Waals surface area contributed by atoms with E-state index < -0.39 is 23.0 Å². The minimum absolute atomic E-state index is 0.0754. The fourth-order valence-electron chi connectivity index (χ4n) is 3.25.